The Morgan fingerprint density at radius 3 is 2.42 bits per heavy atom. The van der Waals surface area contributed by atoms with Gasteiger partial charge in [0.05, 0.1) is 11.1 Å². The van der Waals surface area contributed by atoms with Gasteiger partial charge in [0, 0.05) is 23.6 Å². The van der Waals surface area contributed by atoms with E-state index in [4.69, 9.17) is 0 Å². The Balaban J connectivity index is 1.85. The van der Waals surface area contributed by atoms with Crippen LogP contribution in [0.1, 0.15) is 44.4 Å². The van der Waals surface area contributed by atoms with Crippen molar-refractivity contribution in [3.63, 3.8) is 0 Å². The van der Waals surface area contributed by atoms with Gasteiger partial charge in [-0.25, -0.2) is 4.68 Å². The van der Waals surface area contributed by atoms with E-state index in [1.807, 2.05) is 20.8 Å². The number of aromatic nitrogens is 4. The van der Waals surface area contributed by atoms with Gasteiger partial charge < -0.3 is 5.32 Å². The summed E-state index contributed by atoms with van der Waals surface area (Å²) in [6, 6.07) is 13.2. The lowest BCUT2D eigenvalue weighted by atomic mass is 9.98. The Hall–Kier alpha value is -4.28. The van der Waals surface area contributed by atoms with Crippen molar-refractivity contribution in [2.24, 2.45) is 0 Å². The summed E-state index contributed by atoms with van der Waals surface area (Å²) in [6.45, 7) is 5.19. The second-order valence-electron chi connectivity index (χ2n) is 9.46. The van der Waals surface area contributed by atoms with Crippen molar-refractivity contribution in [1.29, 1.82) is 0 Å². The molecular weight excluding hydrogens is 497 g/mol. The van der Waals surface area contributed by atoms with Crippen LogP contribution in [-0.4, -0.2) is 37.3 Å². The molecule has 8 nitrogen and oxygen atoms in total. The average Bonchev–Trinajstić information content (AvgIpc) is 3.29. The van der Waals surface area contributed by atoms with Crippen molar-refractivity contribution in [3.05, 3.63) is 84.2 Å². The van der Waals surface area contributed by atoms with E-state index in [1.165, 1.54) is 29.2 Å². The number of pyridine rings is 1. The van der Waals surface area contributed by atoms with Gasteiger partial charge in [0.15, 0.2) is 0 Å². The molecule has 0 saturated heterocycles. The lowest BCUT2D eigenvalue weighted by molar-refractivity contribution is -0.137. The number of carbonyl (C=O) groups excluding carboxylic acids is 2. The monoisotopic (exact) mass is 524 g/mol. The molecule has 2 aromatic carbocycles. The number of anilines is 1. The van der Waals surface area contributed by atoms with Crippen LogP contribution < -0.4 is 10.2 Å². The molecule has 1 atom stereocenters. The first kappa shape index (κ1) is 26.8. The Morgan fingerprint density at radius 2 is 1.74 bits per heavy atom. The maximum Gasteiger partial charge on any atom is 0.416 e. The standard InChI is InChI=1S/C27H27F3N6O2/c1-4-26(2,3)32-25(38)24(18-12-14-31-15-13-18)36(20-9-7-8-19(16-20)27(28,29)30)23(37)17-35-22-11-6-5-10-21(22)33-34-35/h5-16,24H,4,17H2,1-3H3,(H,32,38)/t24-/m1/s1. The Morgan fingerprint density at radius 1 is 1.03 bits per heavy atom. The molecule has 198 valence electrons. The number of hydrogen-bond donors (Lipinski definition) is 1. The van der Waals surface area contributed by atoms with E-state index in [9.17, 15) is 22.8 Å². The number of halogens is 3. The highest BCUT2D eigenvalue weighted by Gasteiger charge is 2.37. The molecule has 0 radical (unpaired) electrons. The highest BCUT2D eigenvalue weighted by molar-refractivity contribution is 6.01. The molecule has 0 fully saturated rings. The number of carbonyl (C=O) groups is 2. The zero-order valence-electron chi connectivity index (χ0n) is 21.1. The molecule has 0 unspecified atom stereocenters. The summed E-state index contributed by atoms with van der Waals surface area (Å²) in [7, 11) is 0. The van der Waals surface area contributed by atoms with Crippen LogP contribution in [-0.2, 0) is 22.3 Å². The molecule has 0 saturated carbocycles. The topological polar surface area (TPSA) is 93.0 Å². The maximum atomic E-state index is 13.9. The largest absolute Gasteiger partial charge is 0.416 e. The van der Waals surface area contributed by atoms with Gasteiger partial charge in [-0.1, -0.05) is 30.3 Å². The lowest BCUT2D eigenvalue weighted by Crippen LogP contribution is -2.51. The van der Waals surface area contributed by atoms with E-state index in [1.54, 1.807) is 36.4 Å². The van der Waals surface area contributed by atoms with Gasteiger partial charge in [-0.2, -0.15) is 13.2 Å². The van der Waals surface area contributed by atoms with E-state index in [0.29, 0.717) is 23.0 Å². The minimum atomic E-state index is -4.65. The fraction of sp³-hybridized carbons (Fsp3) is 0.296. The van der Waals surface area contributed by atoms with E-state index in [2.05, 4.69) is 20.6 Å². The molecule has 4 rings (SSSR count). The minimum Gasteiger partial charge on any atom is -0.349 e. The van der Waals surface area contributed by atoms with E-state index in [-0.39, 0.29) is 12.2 Å². The average molecular weight is 525 g/mol. The normalized spacial score (nSPS) is 12.8. The van der Waals surface area contributed by atoms with Gasteiger partial charge in [-0.3, -0.25) is 19.5 Å². The van der Waals surface area contributed by atoms with Crippen molar-refractivity contribution in [3.8, 4) is 0 Å². The summed E-state index contributed by atoms with van der Waals surface area (Å²) >= 11 is 0. The van der Waals surface area contributed by atoms with Crippen LogP contribution in [0.15, 0.2) is 73.1 Å². The highest BCUT2D eigenvalue weighted by Crippen LogP contribution is 2.35. The first-order valence-electron chi connectivity index (χ1n) is 12.0. The summed E-state index contributed by atoms with van der Waals surface area (Å²) in [6.07, 6.45) is -1.14. The van der Waals surface area contributed by atoms with Crippen LogP contribution in [0.2, 0.25) is 0 Å². The maximum absolute atomic E-state index is 13.9. The number of nitrogens with one attached hydrogen (secondary N) is 1. The second kappa shape index (κ2) is 10.6. The van der Waals surface area contributed by atoms with Crippen LogP contribution >= 0.6 is 0 Å². The first-order chi connectivity index (χ1) is 18.0. The predicted molar refractivity (Wildman–Crippen MR) is 136 cm³/mol. The van der Waals surface area contributed by atoms with Crippen LogP contribution in [0.4, 0.5) is 18.9 Å². The van der Waals surface area contributed by atoms with Crippen molar-refractivity contribution < 1.29 is 22.8 Å². The summed E-state index contributed by atoms with van der Waals surface area (Å²) in [5.74, 6) is -1.19. The summed E-state index contributed by atoms with van der Waals surface area (Å²) in [5.41, 5.74) is -0.144. The Kier molecular flexibility index (Phi) is 7.47. The van der Waals surface area contributed by atoms with E-state index < -0.39 is 35.1 Å². The van der Waals surface area contributed by atoms with Crippen LogP contribution in [0.5, 0.6) is 0 Å². The Labute approximate surface area is 217 Å². The molecule has 0 aliphatic carbocycles. The quantitative estimate of drug-likeness (QED) is 0.353. The number of rotatable bonds is 8. The molecule has 0 aliphatic rings. The molecule has 0 spiro atoms. The smallest absolute Gasteiger partial charge is 0.349 e. The molecule has 2 aromatic heterocycles. The van der Waals surface area contributed by atoms with Crippen molar-refractivity contribution in [1.82, 2.24) is 25.3 Å². The number of amides is 2. The van der Waals surface area contributed by atoms with Gasteiger partial charge in [0.1, 0.15) is 18.1 Å². The van der Waals surface area contributed by atoms with Crippen LogP contribution in [0, 0.1) is 0 Å². The number of nitrogens with zero attached hydrogens (tertiary/aromatic N) is 5. The zero-order valence-corrected chi connectivity index (χ0v) is 21.1. The number of para-hydroxylation sites is 1. The number of hydrogen-bond acceptors (Lipinski definition) is 5. The molecule has 11 heteroatoms. The summed E-state index contributed by atoms with van der Waals surface area (Å²) < 4.78 is 42.3. The van der Waals surface area contributed by atoms with Crippen molar-refractivity contribution >= 4 is 28.5 Å². The molecular formula is C27H27F3N6O2. The van der Waals surface area contributed by atoms with Gasteiger partial charge in [-0.15, -0.1) is 5.10 Å². The molecule has 4 aromatic rings. The van der Waals surface area contributed by atoms with E-state index in [0.717, 1.165) is 17.0 Å². The molecule has 1 N–H and O–H groups in total. The fourth-order valence-corrected chi connectivity index (χ4v) is 3.96. The van der Waals surface area contributed by atoms with Crippen molar-refractivity contribution in [2.75, 3.05) is 4.90 Å². The molecule has 0 aliphatic heterocycles. The number of benzene rings is 2. The minimum absolute atomic E-state index is 0.0829. The van der Waals surface area contributed by atoms with Gasteiger partial charge in [-0.05, 0) is 68.3 Å². The van der Waals surface area contributed by atoms with Gasteiger partial charge in [0.2, 0.25) is 11.8 Å². The van der Waals surface area contributed by atoms with Crippen LogP contribution in [0.25, 0.3) is 11.0 Å². The van der Waals surface area contributed by atoms with E-state index >= 15 is 0 Å². The molecule has 38 heavy (non-hydrogen) atoms. The van der Waals surface area contributed by atoms with Crippen LogP contribution in [0.3, 0.4) is 0 Å². The summed E-state index contributed by atoms with van der Waals surface area (Å²) in [5, 5.41) is 11.0. The van der Waals surface area contributed by atoms with Gasteiger partial charge >= 0.3 is 6.18 Å². The summed E-state index contributed by atoms with van der Waals surface area (Å²) in [4.78, 5) is 32.8. The first-order valence-corrected chi connectivity index (χ1v) is 12.0. The third-order valence-electron chi connectivity index (χ3n) is 6.30. The number of alkyl halides is 3. The number of fused-ring (bicyclic) bond motifs is 1. The van der Waals surface area contributed by atoms with Gasteiger partial charge in [0.25, 0.3) is 0 Å². The zero-order chi connectivity index (χ0) is 27.5. The third-order valence-corrected chi connectivity index (χ3v) is 6.30. The van der Waals surface area contributed by atoms with Crippen molar-refractivity contribution in [2.45, 2.75) is 51.5 Å². The second-order valence-corrected chi connectivity index (χ2v) is 9.46. The molecule has 2 heterocycles. The highest BCUT2D eigenvalue weighted by atomic mass is 19.4. The molecule has 2 amide bonds. The third kappa shape index (κ3) is 5.82. The SMILES string of the molecule is CCC(C)(C)NC(=O)[C@@H](c1ccncc1)N(C(=O)Cn1nnc2ccccc21)c1cccc(C(F)(F)F)c1. The lowest BCUT2D eigenvalue weighted by Gasteiger charge is -2.34. The fourth-order valence-electron chi connectivity index (χ4n) is 3.96. The predicted octanol–water partition coefficient (Wildman–Crippen LogP) is 4.92. The molecule has 0 bridgehead atoms. The Bertz CT molecular complexity index is 1440.